The Morgan fingerprint density at radius 1 is 1.50 bits per heavy atom. The Hall–Kier alpha value is -0.220. The number of amides is 1. The molecule has 4 heteroatoms. The van der Waals surface area contributed by atoms with Crippen molar-refractivity contribution in [3.8, 4) is 0 Å². The average molecular weight is 188 g/mol. The van der Waals surface area contributed by atoms with Gasteiger partial charge >= 0.3 is 0 Å². The highest BCUT2D eigenvalue weighted by Gasteiger charge is 2.24. The van der Waals surface area contributed by atoms with E-state index in [0.717, 1.165) is 13.1 Å². The molecular formula is C8H16N2OS. The summed E-state index contributed by atoms with van der Waals surface area (Å²) in [5.41, 5.74) is 5.30. The predicted octanol–water partition coefficient (Wildman–Crippen LogP) is 0.297. The summed E-state index contributed by atoms with van der Waals surface area (Å²) in [6.07, 6.45) is 0. The standard InChI is InChI=1S/C8H16N2OS/c1-6-4-10(8(11)3-9)5-7(2)12-6/h6-7H,3-5,9H2,1-2H3. The van der Waals surface area contributed by atoms with Crippen LogP contribution in [-0.4, -0.2) is 40.9 Å². The summed E-state index contributed by atoms with van der Waals surface area (Å²) in [4.78, 5) is 13.1. The third-order valence-corrected chi connectivity index (χ3v) is 3.17. The van der Waals surface area contributed by atoms with Crippen molar-refractivity contribution in [1.29, 1.82) is 0 Å². The molecule has 1 fully saturated rings. The fourth-order valence-corrected chi connectivity index (χ4v) is 2.84. The van der Waals surface area contributed by atoms with E-state index in [1.165, 1.54) is 0 Å². The van der Waals surface area contributed by atoms with E-state index in [-0.39, 0.29) is 12.5 Å². The first kappa shape index (κ1) is 9.86. The fraction of sp³-hybridized carbons (Fsp3) is 0.875. The number of carbonyl (C=O) groups excluding carboxylic acids is 1. The van der Waals surface area contributed by atoms with Gasteiger partial charge in [-0.2, -0.15) is 11.8 Å². The number of carbonyl (C=O) groups is 1. The second kappa shape index (κ2) is 4.14. The van der Waals surface area contributed by atoms with Crippen molar-refractivity contribution in [3.05, 3.63) is 0 Å². The molecule has 0 aromatic rings. The molecule has 0 spiro atoms. The predicted molar refractivity (Wildman–Crippen MR) is 52.1 cm³/mol. The van der Waals surface area contributed by atoms with Gasteiger partial charge in [-0.25, -0.2) is 0 Å². The maximum atomic E-state index is 11.2. The Morgan fingerprint density at radius 3 is 2.42 bits per heavy atom. The number of thioether (sulfide) groups is 1. The van der Waals surface area contributed by atoms with Gasteiger partial charge in [-0.3, -0.25) is 4.79 Å². The second-order valence-electron chi connectivity index (χ2n) is 3.26. The maximum absolute atomic E-state index is 11.2. The minimum Gasteiger partial charge on any atom is -0.339 e. The Balaban J connectivity index is 2.49. The molecule has 1 heterocycles. The number of hydrogen-bond acceptors (Lipinski definition) is 3. The van der Waals surface area contributed by atoms with Crippen molar-refractivity contribution in [2.24, 2.45) is 5.73 Å². The first-order valence-corrected chi connectivity index (χ1v) is 5.21. The van der Waals surface area contributed by atoms with Crippen LogP contribution >= 0.6 is 11.8 Å². The molecule has 1 amide bonds. The van der Waals surface area contributed by atoms with E-state index in [1.54, 1.807) is 0 Å². The first-order valence-electron chi connectivity index (χ1n) is 4.26. The van der Waals surface area contributed by atoms with Crippen molar-refractivity contribution < 1.29 is 4.79 Å². The summed E-state index contributed by atoms with van der Waals surface area (Å²) in [5, 5.41) is 1.09. The highest BCUT2D eigenvalue weighted by Crippen LogP contribution is 2.24. The van der Waals surface area contributed by atoms with E-state index < -0.39 is 0 Å². The molecule has 2 N–H and O–H groups in total. The molecule has 0 bridgehead atoms. The van der Waals surface area contributed by atoms with Gasteiger partial charge in [0.1, 0.15) is 0 Å². The summed E-state index contributed by atoms with van der Waals surface area (Å²) < 4.78 is 0. The van der Waals surface area contributed by atoms with Crippen molar-refractivity contribution in [2.45, 2.75) is 24.3 Å². The summed E-state index contributed by atoms with van der Waals surface area (Å²) in [6.45, 7) is 6.15. The van der Waals surface area contributed by atoms with E-state index in [4.69, 9.17) is 5.73 Å². The van der Waals surface area contributed by atoms with Crippen LogP contribution in [0.15, 0.2) is 0 Å². The molecule has 1 saturated heterocycles. The van der Waals surface area contributed by atoms with Crippen LogP contribution in [0.2, 0.25) is 0 Å². The minimum atomic E-state index is 0.0778. The average Bonchev–Trinajstić information content (AvgIpc) is 2.01. The Labute approximate surface area is 77.7 Å². The molecule has 0 aromatic carbocycles. The Bertz CT molecular complexity index is 164. The quantitative estimate of drug-likeness (QED) is 0.643. The highest BCUT2D eigenvalue weighted by molar-refractivity contribution is 8.00. The minimum absolute atomic E-state index is 0.0778. The zero-order valence-corrected chi connectivity index (χ0v) is 8.43. The van der Waals surface area contributed by atoms with Crippen molar-refractivity contribution in [1.82, 2.24) is 4.90 Å². The van der Waals surface area contributed by atoms with Crippen LogP contribution in [-0.2, 0) is 4.79 Å². The molecule has 3 nitrogen and oxygen atoms in total. The van der Waals surface area contributed by atoms with Crippen LogP contribution in [0.25, 0.3) is 0 Å². The van der Waals surface area contributed by atoms with E-state index in [0.29, 0.717) is 10.5 Å². The lowest BCUT2D eigenvalue weighted by Crippen LogP contribution is -2.46. The summed E-state index contributed by atoms with van der Waals surface area (Å²) in [7, 11) is 0. The molecule has 0 radical (unpaired) electrons. The molecule has 70 valence electrons. The topological polar surface area (TPSA) is 46.3 Å². The molecule has 2 unspecified atom stereocenters. The molecule has 1 aliphatic rings. The van der Waals surface area contributed by atoms with E-state index in [2.05, 4.69) is 13.8 Å². The maximum Gasteiger partial charge on any atom is 0.236 e. The number of hydrogen-bond donors (Lipinski definition) is 1. The number of nitrogens with zero attached hydrogens (tertiary/aromatic N) is 1. The van der Waals surface area contributed by atoms with Gasteiger partial charge in [0, 0.05) is 23.6 Å². The van der Waals surface area contributed by atoms with Crippen molar-refractivity contribution in [3.63, 3.8) is 0 Å². The lowest BCUT2D eigenvalue weighted by molar-refractivity contribution is -0.129. The lowest BCUT2D eigenvalue weighted by atomic mass is 10.3. The van der Waals surface area contributed by atoms with Crippen LogP contribution in [0.3, 0.4) is 0 Å². The smallest absolute Gasteiger partial charge is 0.236 e. The van der Waals surface area contributed by atoms with Crippen LogP contribution in [0.4, 0.5) is 0 Å². The van der Waals surface area contributed by atoms with Gasteiger partial charge in [0.25, 0.3) is 0 Å². The zero-order valence-electron chi connectivity index (χ0n) is 7.62. The third kappa shape index (κ3) is 2.38. The number of nitrogens with two attached hydrogens (primary N) is 1. The van der Waals surface area contributed by atoms with Gasteiger partial charge in [-0.05, 0) is 0 Å². The molecule has 2 atom stereocenters. The second-order valence-corrected chi connectivity index (χ2v) is 5.14. The molecule has 1 aliphatic heterocycles. The monoisotopic (exact) mass is 188 g/mol. The van der Waals surface area contributed by atoms with E-state index in [1.807, 2.05) is 16.7 Å². The molecule has 0 saturated carbocycles. The normalized spacial score (nSPS) is 30.4. The van der Waals surface area contributed by atoms with E-state index >= 15 is 0 Å². The number of rotatable bonds is 1. The van der Waals surface area contributed by atoms with Crippen LogP contribution in [0, 0.1) is 0 Å². The van der Waals surface area contributed by atoms with Crippen molar-refractivity contribution in [2.75, 3.05) is 19.6 Å². The van der Waals surface area contributed by atoms with Gasteiger partial charge in [0.15, 0.2) is 0 Å². The molecule has 0 aromatic heterocycles. The summed E-state index contributed by atoms with van der Waals surface area (Å²) in [6, 6.07) is 0. The highest BCUT2D eigenvalue weighted by atomic mass is 32.2. The van der Waals surface area contributed by atoms with Gasteiger partial charge in [-0.1, -0.05) is 13.8 Å². The molecule has 12 heavy (non-hydrogen) atoms. The van der Waals surface area contributed by atoms with Gasteiger partial charge < -0.3 is 10.6 Å². The first-order chi connectivity index (χ1) is 5.63. The largest absolute Gasteiger partial charge is 0.339 e. The van der Waals surface area contributed by atoms with Crippen LogP contribution in [0.1, 0.15) is 13.8 Å². The third-order valence-electron chi connectivity index (χ3n) is 1.95. The van der Waals surface area contributed by atoms with Gasteiger partial charge in [0.05, 0.1) is 6.54 Å². The van der Waals surface area contributed by atoms with Crippen molar-refractivity contribution >= 4 is 17.7 Å². The summed E-state index contributed by atoms with van der Waals surface area (Å²) >= 11 is 1.94. The van der Waals surface area contributed by atoms with E-state index in [9.17, 15) is 4.79 Å². The van der Waals surface area contributed by atoms with Gasteiger partial charge in [0.2, 0.25) is 5.91 Å². The van der Waals surface area contributed by atoms with Gasteiger partial charge in [-0.15, -0.1) is 0 Å². The van der Waals surface area contributed by atoms with Crippen LogP contribution in [0.5, 0.6) is 0 Å². The Kier molecular flexibility index (Phi) is 3.40. The molecule has 0 aliphatic carbocycles. The SMILES string of the molecule is CC1CN(C(=O)CN)CC(C)S1. The summed E-state index contributed by atoms with van der Waals surface area (Å²) in [5.74, 6) is 0.0778. The molecular weight excluding hydrogens is 172 g/mol. The lowest BCUT2D eigenvalue weighted by Gasteiger charge is -2.34. The molecule has 1 rings (SSSR count). The zero-order chi connectivity index (χ0) is 9.14. The van der Waals surface area contributed by atoms with Crippen LogP contribution < -0.4 is 5.73 Å². The fourth-order valence-electron chi connectivity index (χ4n) is 1.51. The Morgan fingerprint density at radius 2 is 2.00 bits per heavy atom.